The van der Waals surface area contributed by atoms with Crippen LogP contribution in [0.25, 0.3) is 0 Å². The van der Waals surface area contributed by atoms with E-state index in [0.29, 0.717) is 6.61 Å². The van der Waals surface area contributed by atoms with Gasteiger partial charge in [-0.15, -0.1) is 0 Å². The predicted molar refractivity (Wildman–Crippen MR) is 39.1 cm³/mol. The van der Waals surface area contributed by atoms with E-state index in [2.05, 4.69) is 4.74 Å². The molecule has 0 aliphatic carbocycles. The highest BCUT2D eigenvalue weighted by molar-refractivity contribution is 4.43. The molecule has 0 amide bonds. The molecule has 0 heterocycles. The molecule has 4 N–H and O–H groups in total. The number of aliphatic hydroxyl groups is 4. The summed E-state index contributed by atoms with van der Waals surface area (Å²) in [5, 5.41) is 32.0. The van der Waals surface area contributed by atoms with Crippen LogP contribution in [0.5, 0.6) is 0 Å². The molecule has 70 valence electrons. The first-order valence-corrected chi connectivity index (χ1v) is 3.22. The second-order valence-corrected chi connectivity index (χ2v) is 1.74. The summed E-state index contributed by atoms with van der Waals surface area (Å²) in [6.07, 6.45) is -0.954. The standard InChI is InChI=1S/C3H8O3.C3H8O2/c4-1-3(6)2-5;1-5-3-2-4/h3-6H,1-2H2;4H,2-3H2,1H3. The summed E-state index contributed by atoms with van der Waals surface area (Å²) < 4.78 is 4.44. The lowest BCUT2D eigenvalue weighted by Gasteiger charge is -1.96. The normalized spacial score (nSPS) is 9.27. The Hall–Kier alpha value is -0.200. The number of ether oxygens (including phenoxy) is 1. The van der Waals surface area contributed by atoms with Crippen LogP contribution in [-0.4, -0.2) is 60.1 Å². The Kier molecular flexibility index (Phi) is 15.2. The summed E-state index contributed by atoms with van der Waals surface area (Å²) in [5.74, 6) is 0. The molecule has 5 nitrogen and oxygen atoms in total. The van der Waals surface area contributed by atoms with Gasteiger partial charge in [-0.2, -0.15) is 0 Å². The van der Waals surface area contributed by atoms with E-state index in [9.17, 15) is 0 Å². The third-order valence-corrected chi connectivity index (χ3v) is 0.717. The van der Waals surface area contributed by atoms with Crippen LogP contribution in [0.3, 0.4) is 0 Å². The zero-order valence-corrected chi connectivity index (χ0v) is 6.60. The molecule has 0 spiro atoms. The van der Waals surface area contributed by atoms with Crippen molar-refractivity contribution >= 4 is 0 Å². The maximum absolute atomic E-state index is 8.17. The number of methoxy groups -OCH3 is 1. The Morgan fingerprint density at radius 1 is 1.18 bits per heavy atom. The molecule has 0 aromatic heterocycles. The van der Waals surface area contributed by atoms with Crippen LogP contribution in [0.2, 0.25) is 0 Å². The molecule has 0 unspecified atom stereocenters. The van der Waals surface area contributed by atoms with Gasteiger partial charge in [0.05, 0.1) is 26.4 Å². The van der Waals surface area contributed by atoms with Crippen LogP contribution in [0, 0.1) is 0 Å². The fourth-order valence-electron chi connectivity index (χ4n) is 0.149. The summed E-state index contributed by atoms with van der Waals surface area (Å²) in [7, 11) is 1.55. The molecule has 0 saturated carbocycles. The summed E-state index contributed by atoms with van der Waals surface area (Å²) in [6, 6.07) is 0. The van der Waals surface area contributed by atoms with Crippen LogP contribution >= 0.6 is 0 Å². The number of hydrogen-bond acceptors (Lipinski definition) is 5. The van der Waals surface area contributed by atoms with Crippen molar-refractivity contribution < 1.29 is 25.2 Å². The van der Waals surface area contributed by atoms with Crippen LogP contribution in [-0.2, 0) is 4.74 Å². The summed E-state index contributed by atoms with van der Waals surface area (Å²) >= 11 is 0. The van der Waals surface area contributed by atoms with Crippen LogP contribution in [0.4, 0.5) is 0 Å². The molecule has 0 bridgehead atoms. The molecule has 0 radical (unpaired) electrons. The van der Waals surface area contributed by atoms with Gasteiger partial charge in [0, 0.05) is 7.11 Å². The second-order valence-electron chi connectivity index (χ2n) is 1.74. The summed E-state index contributed by atoms with van der Waals surface area (Å²) in [4.78, 5) is 0. The van der Waals surface area contributed by atoms with Gasteiger partial charge in [0.15, 0.2) is 0 Å². The van der Waals surface area contributed by atoms with Crippen molar-refractivity contribution in [2.45, 2.75) is 6.10 Å². The Morgan fingerprint density at radius 2 is 1.64 bits per heavy atom. The minimum Gasteiger partial charge on any atom is -0.394 e. The van der Waals surface area contributed by atoms with Gasteiger partial charge >= 0.3 is 0 Å². The van der Waals surface area contributed by atoms with Gasteiger partial charge in [-0.1, -0.05) is 0 Å². The van der Waals surface area contributed by atoms with Gasteiger partial charge in [-0.05, 0) is 0 Å². The molecule has 5 heteroatoms. The Morgan fingerprint density at radius 3 is 1.64 bits per heavy atom. The van der Waals surface area contributed by atoms with Gasteiger partial charge in [-0.3, -0.25) is 0 Å². The fraction of sp³-hybridized carbons (Fsp3) is 1.00. The number of hydrogen-bond donors (Lipinski definition) is 4. The average molecular weight is 168 g/mol. The fourth-order valence-corrected chi connectivity index (χ4v) is 0.149. The van der Waals surface area contributed by atoms with Gasteiger partial charge in [-0.25, -0.2) is 0 Å². The maximum Gasteiger partial charge on any atom is 0.100 e. The van der Waals surface area contributed by atoms with Gasteiger partial charge < -0.3 is 25.2 Å². The second kappa shape index (κ2) is 12.5. The topological polar surface area (TPSA) is 90.2 Å². The molecule has 0 saturated heterocycles. The largest absolute Gasteiger partial charge is 0.394 e. The van der Waals surface area contributed by atoms with E-state index in [1.807, 2.05) is 0 Å². The summed E-state index contributed by atoms with van der Waals surface area (Å²) in [5.41, 5.74) is 0. The first-order chi connectivity index (χ1) is 5.22. The maximum atomic E-state index is 8.17. The molecule has 0 aromatic carbocycles. The van der Waals surface area contributed by atoms with Crippen molar-refractivity contribution in [1.82, 2.24) is 0 Å². The van der Waals surface area contributed by atoms with E-state index < -0.39 is 6.10 Å². The first-order valence-electron chi connectivity index (χ1n) is 3.22. The molecule has 11 heavy (non-hydrogen) atoms. The zero-order valence-electron chi connectivity index (χ0n) is 6.60. The van der Waals surface area contributed by atoms with Crippen molar-refractivity contribution in [2.75, 3.05) is 33.5 Å². The summed E-state index contributed by atoms with van der Waals surface area (Å²) in [6.45, 7) is -0.163. The lowest BCUT2D eigenvalue weighted by molar-refractivity contribution is 0.0450. The van der Waals surface area contributed by atoms with Crippen molar-refractivity contribution in [2.24, 2.45) is 0 Å². The molecule has 0 fully saturated rings. The Balaban J connectivity index is 0. The first kappa shape index (κ1) is 13.4. The van der Waals surface area contributed by atoms with E-state index in [1.54, 1.807) is 7.11 Å². The zero-order chi connectivity index (χ0) is 9.11. The number of aliphatic hydroxyl groups excluding tert-OH is 4. The van der Waals surface area contributed by atoms with E-state index in [1.165, 1.54) is 0 Å². The minimum atomic E-state index is -0.954. The van der Waals surface area contributed by atoms with E-state index >= 15 is 0 Å². The van der Waals surface area contributed by atoms with Gasteiger partial charge in [0.2, 0.25) is 0 Å². The minimum absolute atomic E-state index is 0.122. The quantitative estimate of drug-likeness (QED) is 0.388. The molecule has 0 atom stereocenters. The number of rotatable bonds is 4. The third-order valence-electron chi connectivity index (χ3n) is 0.717. The molecular weight excluding hydrogens is 152 g/mol. The predicted octanol–water partition coefficient (Wildman–Crippen LogP) is -2.04. The smallest absolute Gasteiger partial charge is 0.100 e. The molecule has 0 rings (SSSR count). The highest BCUT2D eigenvalue weighted by Crippen LogP contribution is 1.71. The Labute approximate surface area is 65.9 Å². The van der Waals surface area contributed by atoms with Gasteiger partial charge in [0.25, 0.3) is 0 Å². The Bertz CT molecular complexity index is 52.9. The average Bonchev–Trinajstić information content (AvgIpc) is 2.06. The lowest BCUT2D eigenvalue weighted by Crippen LogP contribution is -2.15. The molecule has 0 aliphatic rings. The van der Waals surface area contributed by atoms with Crippen LogP contribution < -0.4 is 0 Å². The van der Waals surface area contributed by atoms with E-state index in [-0.39, 0.29) is 19.8 Å². The van der Waals surface area contributed by atoms with E-state index in [4.69, 9.17) is 20.4 Å². The van der Waals surface area contributed by atoms with Crippen LogP contribution in [0.1, 0.15) is 0 Å². The molecule has 0 aromatic rings. The molecular formula is C6H16O5. The van der Waals surface area contributed by atoms with Crippen molar-refractivity contribution in [3.8, 4) is 0 Å². The molecule has 0 aliphatic heterocycles. The third kappa shape index (κ3) is 17.7. The van der Waals surface area contributed by atoms with Crippen molar-refractivity contribution in [3.63, 3.8) is 0 Å². The van der Waals surface area contributed by atoms with Crippen LogP contribution in [0.15, 0.2) is 0 Å². The van der Waals surface area contributed by atoms with Crippen molar-refractivity contribution in [3.05, 3.63) is 0 Å². The highest BCUT2D eigenvalue weighted by atomic mass is 16.5. The lowest BCUT2D eigenvalue weighted by atomic mass is 10.4. The highest BCUT2D eigenvalue weighted by Gasteiger charge is 1.93. The van der Waals surface area contributed by atoms with Crippen molar-refractivity contribution in [1.29, 1.82) is 0 Å². The van der Waals surface area contributed by atoms with E-state index in [0.717, 1.165) is 0 Å². The SMILES string of the molecule is COCCO.OCC(O)CO. The van der Waals surface area contributed by atoms with Gasteiger partial charge in [0.1, 0.15) is 6.10 Å². The monoisotopic (exact) mass is 168 g/mol.